The number of primary amides is 1. The van der Waals surface area contributed by atoms with Crippen molar-refractivity contribution in [3.8, 4) is 0 Å². The Labute approximate surface area is 66.2 Å². The average molecular weight is 155 g/mol. The van der Waals surface area contributed by atoms with Gasteiger partial charge in [-0.1, -0.05) is 6.58 Å². The van der Waals surface area contributed by atoms with Crippen LogP contribution >= 0.6 is 0 Å². The van der Waals surface area contributed by atoms with E-state index in [9.17, 15) is 4.79 Å². The summed E-state index contributed by atoms with van der Waals surface area (Å²) in [6.45, 7) is 4.37. The maximum absolute atomic E-state index is 10.6. The van der Waals surface area contributed by atoms with Crippen LogP contribution in [-0.4, -0.2) is 18.6 Å². The molecular formula is C8H13NO2. The highest BCUT2D eigenvalue weighted by atomic mass is 16.5. The Morgan fingerprint density at radius 2 is 2.45 bits per heavy atom. The van der Waals surface area contributed by atoms with E-state index in [1.807, 2.05) is 0 Å². The fourth-order valence-electron chi connectivity index (χ4n) is 1.18. The molecule has 1 atom stereocenters. The highest BCUT2D eigenvalue weighted by Crippen LogP contribution is 2.18. The minimum Gasteiger partial charge on any atom is -0.378 e. The summed E-state index contributed by atoms with van der Waals surface area (Å²) >= 11 is 0. The molecule has 11 heavy (non-hydrogen) atoms. The lowest BCUT2D eigenvalue weighted by Crippen LogP contribution is -2.17. The molecule has 1 fully saturated rings. The van der Waals surface area contributed by atoms with Crippen LogP contribution in [0.15, 0.2) is 12.2 Å². The van der Waals surface area contributed by atoms with Crippen molar-refractivity contribution in [1.29, 1.82) is 0 Å². The molecular weight excluding hydrogens is 142 g/mol. The molecule has 0 unspecified atom stereocenters. The third-order valence-electron chi connectivity index (χ3n) is 1.85. The first kappa shape index (κ1) is 8.27. The number of nitrogens with two attached hydrogens (primary N) is 1. The van der Waals surface area contributed by atoms with Crippen LogP contribution in [-0.2, 0) is 9.53 Å². The van der Waals surface area contributed by atoms with Gasteiger partial charge in [-0.3, -0.25) is 4.79 Å². The molecule has 0 aromatic heterocycles. The molecule has 1 aliphatic rings. The van der Waals surface area contributed by atoms with Crippen LogP contribution < -0.4 is 5.73 Å². The third-order valence-corrected chi connectivity index (χ3v) is 1.85. The highest BCUT2D eigenvalue weighted by Gasteiger charge is 2.17. The van der Waals surface area contributed by atoms with Gasteiger partial charge in [0.25, 0.3) is 0 Å². The summed E-state index contributed by atoms with van der Waals surface area (Å²) in [5.41, 5.74) is 5.49. The van der Waals surface area contributed by atoms with E-state index in [0.717, 1.165) is 19.4 Å². The molecule has 62 valence electrons. The van der Waals surface area contributed by atoms with E-state index in [4.69, 9.17) is 10.5 Å². The fraction of sp³-hybridized carbons (Fsp3) is 0.625. The van der Waals surface area contributed by atoms with Gasteiger partial charge >= 0.3 is 0 Å². The molecule has 2 N–H and O–H groups in total. The number of rotatable bonds is 3. The van der Waals surface area contributed by atoms with Gasteiger partial charge in [0.05, 0.1) is 6.10 Å². The quantitative estimate of drug-likeness (QED) is 0.607. The zero-order valence-electron chi connectivity index (χ0n) is 6.51. The SMILES string of the molecule is C=C(C[C@H]1CCCO1)C(N)=O. The van der Waals surface area contributed by atoms with Gasteiger partial charge in [0.2, 0.25) is 5.91 Å². The average Bonchev–Trinajstić information content (AvgIpc) is 2.39. The number of hydrogen-bond donors (Lipinski definition) is 1. The molecule has 3 heteroatoms. The Hall–Kier alpha value is -0.830. The Morgan fingerprint density at radius 3 is 2.91 bits per heavy atom. The van der Waals surface area contributed by atoms with Gasteiger partial charge < -0.3 is 10.5 Å². The number of carbonyl (C=O) groups excluding carboxylic acids is 1. The van der Waals surface area contributed by atoms with Gasteiger partial charge in [-0.25, -0.2) is 0 Å². The van der Waals surface area contributed by atoms with Crippen molar-refractivity contribution in [2.75, 3.05) is 6.61 Å². The van der Waals surface area contributed by atoms with Gasteiger partial charge in [0, 0.05) is 18.6 Å². The van der Waals surface area contributed by atoms with Gasteiger partial charge in [-0.05, 0) is 12.8 Å². The van der Waals surface area contributed by atoms with Crippen LogP contribution in [0.4, 0.5) is 0 Å². The van der Waals surface area contributed by atoms with E-state index in [1.54, 1.807) is 0 Å². The monoisotopic (exact) mass is 155 g/mol. The van der Waals surface area contributed by atoms with E-state index >= 15 is 0 Å². The summed E-state index contributed by atoms with van der Waals surface area (Å²) in [6.07, 6.45) is 2.87. The first-order valence-corrected chi connectivity index (χ1v) is 3.79. The summed E-state index contributed by atoms with van der Waals surface area (Å²) in [7, 11) is 0. The second-order valence-electron chi connectivity index (χ2n) is 2.81. The molecule has 0 aromatic rings. The predicted molar refractivity (Wildman–Crippen MR) is 41.9 cm³/mol. The van der Waals surface area contributed by atoms with Gasteiger partial charge in [0.15, 0.2) is 0 Å². The maximum atomic E-state index is 10.6. The molecule has 1 rings (SSSR count). The lowest BCUT2D eigenvalue weighted by molar-refractivity contribution is -0.114. The van der Waals surface area contributed by atoms with Crippen molar-refractivity contribution in [3.05, 3.63) is 12.2 Å². The second kappa shape index (κ2) is 3.53. The second-order valence-corrected chi connectivity index (χ2v) is 2.81. The molecule has 1 heterocycles. The molecule has 0 aliphatic carbocycles. The number of carbonyl (C=O) groups is 1. The topological polar surface area (TPSA) is 52.3 Å². The third kappa shape index (κ3) is 2.35. The zero-order chi connectivity index (χ0) is 8.27. The van der Waals surface area contributed by atoms with Gasteiger partial charge in [0.1, 0.15) is 0 Å². The highest BCUT2D eigenvalue weighted by molar-refractivity contribution is 5.91. The Balaban J connectivity index is 2.29. The van der Waals surface area contributed by atoms with Crippen LogP contribution in [0.1, 0.15) is 19.3 Å². The summed E-state index contributed by atoms with van der Waals surface area (Å²) in [5.74, 6) is -0.416. The number of hydrogen-bond acceptors (Lipinski definition) is 2. The molecule has 0 spiro atoms. The van der Waals surface area contributed by atoms with Crippen molar-refractivity contribution >= 4 is 5.91 Å². The maximum Gasteiger partial charge on any atom is 0.244 e. The van der Waals surface area contributed by atoms with E-state index in [2.05, 4.69) is 6.58 Å². The first-order chi connectivity index (χ1) is 5.20. The summed E-state index contributed by atoms with van der Waals surface area (Å²) in [4.78, 5) is 10.6. The van der Waals surface area contributed by atoms with Crippen LogP contribution in [0.25, 0.3) is 0 Å². The molecule has 0 bridgehead atoms. The van der Waals surface area contributed by atoms with E-state index in [1.165, 1.54) is 0 Å². The minimum atomic E-state index is -0.416. The summed E-state index contributed by atoms with van der Waals surface area (Å²) in [5, 5.41) is 0. The Bertz CT molecular complexity index is 171. The fourth-order valence-corrected chi connectivity index (χ4v) is 1.18. The van der Waals surface area contributed by atoms with Gasteiger partial charge in [-0.15, -0.1) is 0 Å². The number of amides is 1. The molecule has 1 amide bonds. The summed E-state index contributed by atoms with van der Waals surface area (Å²) in [6, 6.07) is 0. The lowest BCUT2D eigenvalue weighted by Gasteiger charge is -2.08. The molecule has 1 aliphatic heterocycles. The van der Waals surface area contributed by atoms with Crippen LogP contribution in [0, 0.1) is 0 Å². The molecule has 0 radical (unpaired) electrons. The van der Waals surface area contributed by atoms with E-state index in [0.29, 0.717) is 12.0 Å². The Kier molecular flexibility index (Phi) is 2.65. The standard InChI is InChI=1S/C8H13NO2/c1-6(8(9)10)5-7-3-2-4-11-7/h7H,1-5H2,(H2,9,10)/t7-/m1/s1. The van der Waals surface area contributed by atoms with Crippen LogP contribution in [0.5, 0.6) is 0 Å². The van der Waals surface area contributed by atoms with Crippen molar-refractivity contribution in [1.82, 2.24) is 0 Å². The number of ether oxygens (including phenoxy) is 1. The van der Waals surface area contributed by atoms with Crippen molar-refractivity contribution in [2.24, 2.45) is 5.73 Å². The minimum absolute atomic E-state index is 0.176. The molecule has 0 saturated carbocycles. The van der Waals surface area contributed by atoms with Crippen LogP contribution in [0.2, 0.25) is 0 Å². The van der Waals surface area contributed by atoms with Gasteiger partial charge in [-0.2, -0.15) is 0 Å². The summed E-state index contributed by atoms with van der Waals surface area (Å²) < 4.78 is 5.31. The Morgan fingerprint density at radius 1 is 1.73 bits per heavy atom. The predicted octanol–water partition coefficient (Wildman–Crippen LogP) is 0.597. The largest absolute Gasteiger partial charge is 0.378 e. The van der Waals surface area contributed by atoms with Crippen LogP contribution in [0.3, 0.4) is 0 Å². The first-order valence-electron chi connectivity index (χ1n) is 3.79. The molecule has 3 nitrogen and oxygen atoms in total. The molecule has 0 aromatic carbocycles. The van der Waals surface area contributed by atoms with Crippen molar-refractivity contribution < 1.29 is 9.53 Å². The van der Waals surface area contributed by atoms with Crippen molar-refractivity contribution in [2.45, 2.75) is 25.4 Å². The smallest absolute Gasteiger partial charge is 0.244 e. The lowest BCUT2D eigenvalue weighted by atomic mass is 10.1. The zero-order valence-corrected chi connectivity index (χ0v) is 6.51. The normalized spacial score (nSPS) is 23.5. The van der Waals surface area contributed by atoms with E-state index in [-0.39, 0.29) is 6.10 Å². The van der Waals surface area contributed by atoms with E-state index < -0.39 is 5.91 Å². The van der Waals surface area contributed by atoms with Crippen molar-refractivity contribution in [3.63, 3.8) is 0 Å². The molecule has 1 saturated heterocycles.